The van der Waals surface area contributed by atoms with Crippen molar-refractivity contribution in [2.45, 2.75) is 6.54 Å². The maximum atomic E-state index is 6.11. The molecule has 0 amide bonds. The van der Waals surface area contributed by atoms with Gasteiger partial charge in [0.25, 0.3) is 0 Å². The molecular formula is C15H13Cl2NOS. The lowest BCUT2D eigenvalue weighted by Crippen LogP contribution is -2.21. The van der Waals surface area contributed by atoms with Crippen molar-refractivity contribution in [3.05, 3.63) is 63.6 Å². The number of hydrogen-bond acceptors (Lipinski definition) is 2. The molecule has 0 radical (unpaired) electrons. The van der Waals surface area contributed by atoms with Crippen molar-refractivity contribution in [2.24, 2.45) is 0 Å². The summed E-state index contributed by atoms with van der Waals surface area (Å²) in [5.41, 5.74) is 1.81. The highest BCUT2D eigenvalue weighted by Crippen LogP contribution is 2.20. The van der Waals surface area contributed by atoms with Gasteiger partial charge in [-0.1, -0.05) is 47.6 Å². The maximum absolute atomic E-state index is 6.11. The first-order chi connectivity index (χ1) is 9.60. The second-order valence-corrected chi connectivity index (χ2v) is 5.40. The number of nitrogens with one attached hydrogen (secondary N) is 1. The molecule has 20 heavy (non-hydrogen) atoms. The van der Waals surface area contributed by atoms with Gasteiger partial charge in [0.05, 0.1) is 7.11 Å². The predicted octanol–water partition coefficient (Wildman–Crippen LogP) is 4.47. The number of methoxy groups -OCH3 is 1. The zero-order valence-corrected chi connectivity index (χ0v) is 13.1. The molecule has 0 aliphatic rings. The molecule has 0 atom stereocenters. The molecule has 2 rings (SSSR count). The quantitative estimate of drug-likeness (QED) is 0.838. The van der Waals surface area contributed by atoms with Crippen molar-refractivity contribution in [1.82, 2.24) is 5.32 Å². The molecule has 0 saturated carbocycles. The van der Waals surface area contributed by atoms with Crippen LogP contribution in [0.25, 0.3) is 0 Å². The number of rotatable bonds is 4. The lowest BCUT2D eigenvalue weighted by molar-refractivity contribution is 0.414. The average Bonchev–Trinajstić information content (AvgIpc) is 2.48. The summed E-state index contributed by atoms with van der Waals surface area (Å²) in [7, 11) is 1.63. The fourth-order valence-corrected chi connectivity index (χ4v) is 2.30. The first-order valence-corrected chi connectivity index (χ1v) is 7.13. The Kier molecular flexibility index (Phi) is 5.24. The Morgan fingerprint density at radius 3 is 2.75 bits per heavy atom. The largest absolute Gasteiger partial charge is 0.497 e. The molecule has 2 aromatic carbocycles. The summed E-state index contributed by atoms with van der Waals surface area (Å²) in [5, 5.41) is 4.48. The van der Waals surface area contributed by atoms with Gasteiger partial charge in [0.15, 0.2) is 0 Å². The highest BCUT2D eigenvalue weighted by molar-refractivity contribution is 7.80. The Hall–Kier alpha value is -1.29. The van der Waals surface area contributed by atoms with Gasteiger partial charge in [-0.05, 0) is 35.9 Å². The van der Waals surface area contributed by atoms with Crippen LogP contribution in [0.4, 0.5) is 0 Å². The Bertz CT molecular complexity index is 631. The normalized spacial score (nSPS) is 10.2. The van der Waals surface area contributed by atoms with Crippen molar-refractivity contribution in [3.63, 3.8) is 0 Å². The number of ether oxygens (including phenoxy) is 1. The third kappa shape index (κ3) is 3.85. The van der Waals surface area contributed by atoms with Crippen molar-refractivity contribution in [2.75, 3.05) is 7.11 Å². The van der Waals surface area contributed by atoms with Crippen LogP contribution in [0.3, 0.4) is 0 Å². The molecule has 5 heteroatoms. The van der Waals surface area contributed by atoms with Gasteiger partial charge < -0.3 is 10.1 Å². The van der Waals surface area contributed by atoms with Gasteiger partial charge in [-0.25, -0.2) is 0 Å². The molecular weight excluding hydrogens is 313 g/mol. The number of halogens is 2. The monoisotopic (exact) mass is 325 g/mol. The topological polar surface area (TPSA) is 21.3 Å². The summed E-state index contributed by atoms with van der Waals surface area (Å²) in [6, 6.07) is 12.9. The second-order valence-electron chi connectivity index (χ2n) is 4.15. The van der Waals surface area contributed by atoms with Gasteiger partial charge in [-0.15, -0.1) is 0 Å². The standard InChI is InChI=1S/C15H13Cl2NOS/c1-19-13-4-2-3-10(8-13)15(20)18-9-11-7-12(16)5-6-14(11)17/h2-8H,9H2,1H3,(H,18,20). The van der Waals surface area contributed by atoms with E-state index in [9.17, 15) is 0 Å². The lowest BCUT2D eigenvalue weighted by atomic mass is 10.2. The predicted molar refractivity (Wildman–Crippen MR) is 88.0 cm³/mol. The summed E-state index contributed by atoms with van der Waals surface area (Å²) in [6.07, 6.45) is 0. The van der Waals surface area contributed by atoms with E-state index < -0.39 is 0 Å². The number of thiocarbonyl (C=S) groups is 1. The van der Waals surface area contributed by atoms with E-state index in [2.05, 4.69) is 5.32 Å². The Balaban J connectivity index is 2.06. The van der Waals surface area contributed by atoms with Crippen molar-refractivity contribution < 1.29 is 4.74 Å². The third-order valence-electron chi connectivity index (χ3n) is 2.78. The zero-order valence-electron chi connectivity index (χ0n) is 10.8. The molecule has 1 N–H and O–H groups in total. The minimum atomic E-state index is 0.523. The van der Waals surface area contributed by atoms with Crippen LogP contribution in [0.2, 0.25) is 10.0 Å². The van der Waals surface area contributed by atoms with Gasteiger partial charge in [-0.3, -0.25) is 0 Å². The lowest BCUT2D eigenvalue weighted by Gasteiger charge is -2.10. The maximum Gasteiger partial charge on any atom is 0.119 e. The van der Waals surface area contributed by atoms with Gasteiger partial charge in [0, 0.05) is 22.2 Å². The molecule has 0 aromatic heterocycles. The minimum absolute atomic E-state index is 0.523. The van der Waals surface area contributed by atoms with Crippen LogP contribution >= 0.6 is 35.4 Å². The molecule has 0 aliphatic heterocycles. The van der Waals surface area contributed by atoms with Crippen molar-refractivity contribution >= 4 is 40.4 Å². The van der Waals surface area contributed by atoms with Crippen LogP contribution in [0.15, 0.2) is 42.5 Å². The zero-order chi connectivity index (χ0) is 14.5. The molecule has 0 bridgehead atoms. The summed E-state index contributed by atoms with van der Waals surface area (Å²) in [6.45, 7) is 0.523. The van der Waals surface area contributed by atoms with Gasteiger partial charge in [0.2, 0.25) is 0 Å². The number of benzene rings is 2. The average molecular weight is 326 g/mol. The van der Waals surface area contributed by atoms with E-state index in [1.807, 2.05) is 30.3 Å². The van der Waals surface area contributed by atoms with E-state index in [1.54, 1.807) is 19.2 Å². The SMILES string of the molecule is COc1cccc(C(=S)NCc2cc(Cl)ccc2Cl)c1. The summed E-state index contributed by atoms with van der Waals surface area (Å²) >= 11 is 17.4. The van der Waals surface area contributed by atoms with Crippen LogP contribution in [0.1, 0.15) is 11.1 Å². The summed E-state index contributed by atoms with van der Waals surface area (Å²) < 4.78 is 5.18. The van der Waals surface area contributed by atoms with Crippen molar-refractivity contribution in [3.8, 4) is 5.75 Å². The molecule has 0 aliphatic carbocycles. The van der Waals surface area contributed by atoms with Crippen molar-refractivity contribution in [1.29, 1.82) is 0 Å². The first kappa shape index (κ1) is 15.1. The van der Waals surface area contributed by atoms with Crippen LogP contribution in [-0.4, -0.2) is 12.1 Å². The first-order valence-electron chi connectivity index (χ1n) is 5.96. The second kappa shape index (κ2) is 6.93. The molecule has 0 heterocycles. The van der Waals surface area contributed by atoms with Gasteiger partial charge in [-0.2, -0.15) is 0 Å². The highest BCUT2D eigenvalue weighted by atomic mass is 35.5. The molecule has 0 saturated heterocycles. The summed E-state index contributed by atoms with van der Waals surface area (Å²) in [4.78, 5) is 0.639. The van der Waals surface area contributed by atoms with E-state index >= 15 is 0 Å². The van der Waals surface area contributed by atoms with Gasteiger partial charge >= 0.3 is 0 Å². The molecule has 0 spiro atoms. The molecule has 2 nitrogen and oxygen atoms in total. The van der Waals surface area contributed by atoms with E-state index in [-0.39, 0.29) is 0 Å². The van der Waals surface area contributed by atoms with E-state index in [0.29, 0.717) is 21.6 Å². The van der Waals surface area contributed by atoms with E-state index in [4.69, 9.17) is 40.2 Å². The fraction of sp³-hybridized carbons (Fsp3) is 0.133. The third-order valence-corrected chi connectivity index (χ3v) is 3.76. The van der Waals surface area contributed by atoms with E-state index in [0.717, 1.165) is 16.9 Å². The Morgan fingerprint density at radius 1 is 1.20 bits per heavy atom. The Morgan fingerprint density at radius 2 is 2.00 bits per heavy atom. The Labute approximate surface area is 133 Å². The van der Waals surface area contributed by atoms with E-state index in [1.165, 1.54) is 0 Å². The molecule has 2 aromatic rings. The minimum Gasteiger partial charge on any atom is -0.497 e. The summed E-state index contributed by atoms with van der Waals surface area (Å²) in [5.74, 6) is 0.771. The van der Waals surface area contributed by atoms with Crippen LogP contribution in [-0.2, 0) is 6.54 Å². The smallest absolute Gasteiger partial charge is 0.119 e. The number of hydrogen-bond donors (Lipinski definition) is 1. The van der Waals surface area contributed by atoms with Crippen LogP contribution < -0.4 is 10.1 Å². The van der Waals surface area contributed by atoms with Crippen LogP contribution in [0, 0.1) is 0 Å². The van der Waals surface area contributed by atoms with Crippen LogP contribution in [0.5, 0.6) is 5.75 Å². The molecule has 0 unspecified atom stereocenters. The highest BCUT2D eigenvalue weighted by Gasteiger charge is 2.05. The van der Waals surface area contributed by atoms with Gasteiger partial charge in [0.1, 0.15) is 10.7 Å². The molecule has 104 valence electrons. The fourth-order valence-electron chi connectivity index (χ4n) is 1.72. The molecule has 0 fully saturated rings.